The van der Waals surface area contributed by atoms with Gasteiger partial charge in [-0.3, -0.25) is 0 Å². The SMILES string of the molecule is CC(C)C(C)CC1CCC1C. The second-order valence-corrected chi connectivity index (χ2v) is 4.77. The van der Waals surface area contributed by atoms with E-state index < -0.39 is 0 Å². The topological polar surface area (TPSA) is 0 Å². The Labute approximate surface area is 71.4 Å². The quantitative estimate of drug-likeness (QED) is 0.581. The van der Waals surface area contributed by atoms with Crippen molar-refractivity contribution in [2.24, 2.45) is 23.7 Å². The highest BCUT2D eigenvalue weighted by atomic mass is 14.3. The standard InChI is InChI=1S/C11H22/c1-8(2)10(4)7-11-6-5-9(11)3/h8-11H,5-7H2,1-4H3. The first-order valence-corrected chi connectivity index (χ1v) is 5.11. The lowest BCUT2D eigenvalue weighted by Gasteiger charge is -2.36. The van der Waals surface area contributed by atoms with Gasteiger partial charge in [0.2, 0.25) is 0 Å². The van der Waals surface area contributed by atoms with Gasteiger partial charge in [0.05, 0.1) is 0 Å². The molecule has 0 nitrogen and oxygen atoms in total. The average molecular weight is 154 g/mol. The number of hydrogen-bond acceptors (Lipinski definition) is 0. The zero-order valence-corrected chi connectivity index (χ0v) is 8.43. The van der Waals surface area contributed by atoms with Crippen LogP contribution >= 0.6 is 0 Å². The molecule has 1 saturated carbocycles. The maximum absolute atomic E-state index is 2.40. The maximum Gasteiger partial charge on any atom is -0.0386 e. The summed E-state index contributed by atoms with van der Waals surface area (Å²) in [6, 6.07) is 0. The molecule has 0 heteroatoms. The minimum Gasteiger partial charge on any atom is -0.0625 e. The molecule has 0 aromatic carbocycles. The lowest BCUT2D eigenvalue weighted by atomic mass is 9.69. The van der Waals surface area contributed by atoms with E-state index in [2.05, 4.69) is 27.7 Å². The Bertz CT molecular complexity index is 110. The van der Waals surface area contributed by atoms with Crippen LogP contribution in [0.4, 0.5) is 0 Å². The summed E-state index contributed by atoms with van der Waals surface area (Å²) in [6.45, 7) is 9.49. The highest BCUT2D eigenvalue weighted by molar-refractivity contribution is 4.79. The van der Waals surface area contributed by atoms with E-state index in [1.165, 1.54) is 19.3 Å². The normalized spacial score (nSPS) is 33.5. The third-order valence-electron chi connectivity index (χ3n) is 3.61. The van der Waals surface area contributed by atoms with Crippen LogP contribution in [0.5, 0.6) is 0 Å². The van der Waals surface area contributed by atoms with Crippen molar-refractivity contribution >= 4 is 0 Å². The third kappa shape index (κ3) is 2.21. The molecule has 1 rings (SSSR count). The van der Waals surface area contributed by atoms with Gasteiger partial charge < -0.3 is 0 Å². The Kier molecular flexibility index (Phi) is 2.98. The molecular weight excluding hydrogens is 132 g/mol. The highest BCUT2D eigenvalue weighted by Crippen LogP contribution is 2.39. The summed E-state index contributed by atoms with van der Waals surface area (Å²) in [5, 5.41) is 0. The summed E-state index contributed by atoms with van der Waals surface area (Å²) in [6.07, 6.45) is 4.45. The molecule has 3 atom stereocenters. The van der Waals surface area contributed by atoms with Crippen LogP contribution in [0.25, 0.3) is 0 Å². The number of hydrogen-bond donors (Lipinski definition) is 0. The van der Waals surface area contributed by atoms with Crippen LogP contribution in [0, 0.1) is 23.7 Å². The molecule has 66 valence electrons. The van der Waals surface area contributed by atoms with Crippen LogP contribution in [-0.2, 0) is 0 Å². The van der Waals surface area contributed by atoms with Gasteiger partial charge >= 0.3 is 0 Å². The predicted molar refractivity (Wildman–Crippen MR) is 50.5 cm³/mol. The van der Waals surface area contributed by atoms with Gasteiger partial charge in [0, 0.05) is 0 Å². The molecule has 1 fully saturated rings. The molecule has 0 radical (unpaired) electrons. The monoisotopic (exact) mass is 154 g/mol. The van der Waals surface area contributed by atoms with Gasteiger partial charge in [0.15, 0.2) is 0 Å². The number of rotatable bonds is 3. The first-order valence-electron chi connectivity index (χ1n) is 5.11. The van der Waals surface area contributed by atoms with E-state index in [4.69, 9.17) is 0 Å². The first-order chi connectivity index (χ1) is 5.11. The van der Waals surface area contributed by atoms with Crippen LogP contribution in [0.2, 0.25) is 0 Å². The van der Waals surface area contributed by atoms with E-state index in [-0.39, 0.29) is 0 Å². The van der Waals surface area contributed by atoms with Crippen LogP contribution in [-0.4, -0.2) is 0 Å². The minimum absolute atomic E-state index is 0.878. The molecule has 11 heavy (non-hydrogen) atoms. The summed E-state index contributed by atoms with van der Waals surface area (Å²) in [5.41, 5.74) is 0. The van der Waals surface area contributed by atoms with Crippen LogP contribution in [0.3, 0.4) is 0 Å². The summed E-state index contributed by atoms with van der Waals surface area (Å²) in [5.74, 6) is 3.90. The van der Waals surface area contributed by atoms with E-state index in [0.717, 1.165) is 23.7 Å². The Hall–Kier alpha value is 0. The molecule has 0 saturated heterocycles. The predicted octanol–water partition coefficient (Wildman–Crippen LogP) is 3.71. The second-order valence-electron chi connectivity index (χ2n) is 4.77. The maximum atomic E-state index is 2.40. The van der Waals surface area contributed by atoms with Gasteiger partial charge in [0.25, 0.3) is 0 Å². The molecule has 0 N–H and O–H groups in total. The van der Waals surface area contributed by atoms with Crippen molar-refractivity contribution in [2.75, 3.05) is 0 Å². The largest absolute Gasteiger partial charge is 0.0625 e. The van der Waals surface area contributed by atoms with Crippen molar-refractivity contribution in [3.63, 3.8) is 0 Å². The van der Waals surface area contributed by atoms with Crippen molar-refractivity contribution in [2.45, 2.75) is 47.0 Å². The fourth-order valence-electron chi connectivity index (χ4n) is 1.84. The van der Waals surface area contributed by atoms with Gasteiger partial charge in [-0.15, -0.1) is 0 Å². The van der Waals surface area contributed by atoms with Crippen molar-refractivity contribution in [3.8, 4) is 0 Å². The molecule has 0 bridgehead atoms. The van der Waals surface area contributed by atoms with Crippen molar-refractivity contribution in [1.29, 1.82) is 0 Å². The molecule has 0 aromatic rings. The fourth-order valence-corrected chi connectivity index (χ4v) is 1.84. The molecule has 3 unspecified atom stereocenters. The van der Waals surface area contributed by atoms with E-state index in [9.17, 15) is 0 Å². The van der Waals surface area contributed by atoms with Gasteiger partial charge in [-0.2, -0.15) is 0 Å². The Morgan fingerprint density at radius 3 is 2.09 bits per heavy atom. The van der Waals surface area contributed by atoms with Crippen LogP contribution in [0.15, 0.2) is 0 Å². The smallest absolute Gasteiger partial charge is 0.0386 e. The molecular formula is C11H22. The third-order valence-corrected chi connectivity index (χ3v) is 3.61. The summed E-state index contributed by atoms with van der Waals surface area (Å²) < 4.78 is 0. The molecule has 0 spiro atoms. The zero-order valence-electron chi connectivity index (χ0n) is 8.43. The van der Waals surface area contributed by atoms with Crippen molar-refractivity contribution in [1.82, 2.24) is 0 Å². The Morgan fingerprint density at radius 1 is 1.18 bits per heavy atom. The summed E-state index contributed by atoms with van der Waals surface area (Å²) >= 11 is 0. The lowest BCUT2D eigenvalue weighted by Crippen LogP contribution is -2.26. The van der Waals surface area contributed by atoms with Gasteiger partial charge in [-0.1, -0.05) is 34.1 Å². The van der Waals surface area contributed by atoms with Crippen LogP contribution < -0.4 is 0 Å². The van der Waals surface area contributed by atoms with Gasteiger partial charge in [-0.05, 0) is 36.5 Å². The first kappa shape index (κ1) is 9.09. The van der Waals surface area contributed by atoms with E-state index >= 15 is 0 Å². The molecule has 1 aliphatic carbocycles. The van der Waals surface area contributed by atoms with E-state index in [1.54, 1.807) is 0 Å². The second kappa shape index (κ2) is 3.60. The Balaban J connectivity index is 2.19. The van der Waals surface area contributed by atoms with Crippen molar-refractivity contribution in [3.05, 3.63) is 0 Å². The average Bonchev–Trinajstić information content (AvgIpc) is 1.96. The summed E-state index contributed by atoms with van der Waals surface area (Å²) in [4.78, 5) is 0. The van der Waals surface area contributed by atoms with Gasteiger partial charge in [0.1, 0.15) is 0 Å². The minimum atomic E-state index is 0.878. The Morgan fingerprint density at radius 2 is 1.82 bits per heavy atom. The highest BCUT2D eigenvalue weighted by Gasteiger charge is 2.28. The fraction of sp³-hybridized carbons (Fsp3) is 1.00. The van der Waals surface area contributed by atoms with Crippen LogP contribution in [0.1, 0.15) is 47.0 Å². The molecule has 0 aromatic heterocycles. The summed E-state index contributed by atoms with van der Waals surface area (Å²) in [7, 11) is 0. The molecule has 0 heterocycles. The zero-order chi connectivity index (χ0) is 8.43. The van der Waals surface area contributed by atoms with Crippen molar-refractivity contribution < 1.29 is 0 Å². The molecule has 0 amide bonds. The van der Waals surface area contributed by atoms with E-state index in [0.29, 0.717) is 0 Å². The molecule has 0 aliphatic heterocycles. The lowest BCUT2D eigenvalue weighted by molar-refractivity contribution is 0.147. The molecule has 1 aliphatic rings. The van der Waals surface area contributed by atoms with Gasteiger partial charge in [-0.25, -0.2) is 0 Å². The van der Waals surface area contributed by atoms with E-state index in [1.807, 2.05) is 0 Å².